The van der Waals surface area contributed by atoms with E-state index in [9.17, 15) is 0 Å². The van der Waals surface area contributed by atoms with Crippen molar-refractivity contribution in [2.24, 2.45) is 11.1 Å². The third-order valence-electron chi connectivity index (χ3n) is 4.84. The van der Waals surface area contributed by atoms with Gasteiger partial charge >= 0.3 is 0 Å². The minimum absolute atomic E-state index is 0.153. The van der Waals surface area contributed by atoms with E-state index >= 15 is 0 Å². The Hall–Kier alpha value is -1.79. The molecule has 0 bridgehead atoms. The summed E-state index contributed by atoms with van der Waals surface area (Å²) in [6.45, 7) is 5.21. The van der Waals surface area contributed by atoms with Gasteiger partial charge in [-0.25, -0.2) is 0 Å². The zero-order chi connectivity index (χ0) is 13.0. The Morgan fingerprint density at radius 1 is 1.44 bits per heavy atom. The number of nitrogens with zero attached hydrogens (tertiary/aromatic N) is 1. The van der Waals surface area contributed by atoms with Crippen molar-refractivity contribution in [1.29, 1.82) is 5.26 Å². The number of benzene rings is 1. The van der Waals surface area contributed by atoms with Crippen molar-refractivity contribution < 1.29 is 0 Å². The molecule has 2 aromatic rings. The molecule has 1 aromatic carbocycles. The number of nitrogens with one attached hydrogen (secondary N) is 1. The van der Waals surface area contributed by atoms with Crippen molar-refractivity contribution in [3.05, 3.63) is 35.5 Å². The van der Waals surface area contributed by atoms with Crippen LogP contribution in [-0.4, -0.2) is 11.5 Å². The van der Waals surface area contributed by atoms with Crippen LogP contribution in [0.4, 0.5) is 0 Å². The predicted octanol–water partition coefficient (Wildman–Crippen LogP) is 2.67. The number of nitriles is 1. The molecule has 1 heterocycles. The molecule has 2 unspecified atom stereocenters. The Morgan fingerprint density at radius 3 is 2.83 bits per heavy atom. The van der Waals surface area contributed by atoms with E-state index in [4.69, 9.17) is 11.0 Å². The molecule has 0 aliphatic heterocycles. The Morgan fingerprint density at radius 2 is 2.22 bits per heavy atom. The maximum absolute atomic E-state index is 9.09. The lowest BCUT2D eigenvalue weighted by Crippen LogP contribution is -2.21. The quantitative estimate of drug-likeness (QED) is 0.846. The molecule has 1 fully saturated rings. The third kappa shape index (κ3) is 1.27. The molecule has 0 amide bonds. The first-order chi connectivity index (χ1) is 8.54. The normalized spacial score (nSPS) is 30.3. The first-order valence-corrected chi connectivity index (χ1v) is 6.26. The SMILES string of the molecule is CC1(CN)CC1(C)c1ccc2[nH]cc(C#N)c2c1. The molecule has 1 saturated carbocycles. The van der Waals surface area contributed by atoms with Crippen LogP contribution < -0.4 is 5.73 Å². The zero-order valence-electron chi connectivity index (χ0n) is 10.7. The topological polar surface area (TPSA) is 65.6 Å². The number of rotatable bonds is 2. The molecular formula is C15H17N3. The van der Waals surface area contributed by atoms with Gasteiger partial charge in [0.2, 0.25) is 0 Å². The van der Waals surface area contributed by atoms with Crippen LogP contribution in [0.25, 0.3) is 10.9 Å². The molecule has 0 spiro atoms. The molecule has 3 nitrogen and oxygen atoms in total. The van der Waals surface area contributed by atoms with E-state index in [2.05, 4.69) is 43.1 Å². The van der Waals surface area contributed by atoms with E-state index in [1.807, 2.05) is 0 Å². The molecule has 18 heavy (non-hydrogen) atoms. The summed E-state index contributed by atoms with van der Waals surface area (Å²) in [5.74, 6) is 0. The maximum Gasteiger partial charge on any atom is 0.101 e. The first kappa shape index (κ1) is 11.3. The lowest BCUT2D eigenvalue weighted by Gasteiger charge is -2.17. The van der Waals surface area contributed by atoms with E-state index in [1.54, 1.807) is 6.20 Å². The molecule has 3 heteroatoms. The van der Waals surface area contributed by atoms with Gasteiger partial charge in [0.1, 0.15) is 6.07 Å². The van der Waals surface area contributed by atoms with Gasteiger partial charge < -0.3 is 10.7 Å². The summed E-state index contributed by atoms with van der Waals surface area (Å²) >= 11 is 0. The van der Waals surface area contributed by atoms with Gasteiger partial charge in [-0.3, -0.25) is 0 Å². The second-order valence-electron chi connectivity index (χ2n) is 5.85. The number of aromatic nitrogens is 1. The second kappa shape index (κ2) is 3.37. The van der Waals surface area contributed by atoms with Gasteiger partial charge in [-0.05, 0) is 41.5 Å². The van der Waals surface area contributed by atoms with E-state index in [1.165, 1.54) is 5.56 Å². The van der Waals surface area contributed by atoms with Crippen LogP contribution in [0.1, 0.15) is 31.4 Å². The van der Waals surface area contributed by atoms with Gasteiger partial charge in [0.15, 0.2) is 0 Å². The second-order valence-corrected chi connectivity index (χ2v) is 5.85. The highest BCUT2D eigenvalue weighted by atomic mass is 14.7. The maximum atomic E-state index is 9.09. The summed E-state index contributed by atoms with van der Waals surface area (Å²) in [7, 11) is 0. The van der Waals surface area contributed by atoms with Crippen LogP contribution >= 0.6 is 0 Å². The highest BCUT2D eigenvalue weighted by molar-refractivity contribution is 5.86. The van der Waals surface area contributed by atoms with Crippen LogP contribution in [0.3, 0.4) is 0 Å². The monoisotopic (exact) mass is 239 g/mol. The zero-order valence-corrected chi connectivity index (χ0v) is 10.7. The lowest BCUT2D eigenvalue weighted by molar-refractivity contribution is 0.489. The van der Waals surface area contributed by atoms with Gasteiger partial charge in [-0.1, -0.05) is 19.9 Å². The summed E-state index contributed by atoms with van der Waals surface area (Å²) < 4.78 is 0. The van der Waals surface area contributed by atoms with Crippen LogP contribution in [-0.2, 0) is 5.41 Å². The van der Waals surface area contributed by atoms with E-state index in [0.717, 1.165) is 17.3 Å². The number of H-pyrrole nitrogens is 1. The number of hydrogen-bond acceptors (Lipinski definition) is 2. The molecule has 1 aliphatic rings. The van der Waals surface area contributed by atoms with E-state index in [-0.39, 0.29) is 10.8 Å². The Bertz CT molecular complexity index is 664. The van der Waals surface area contributed by atoms with Crippen LogP contribution in [0.15, 0.2) is 24.4 Å². The number of fused-ring (bicyclic) bond motifs is 1. The fourth-order valence-corrected chi connectivity index (χ4v) is 3.04. The number of aromatic amines is 1. The Balaban J connectivity index is 2.13. The highest BCUT2D eigenvalue weighted by Crippen LogP contribution is 2.63. The lowest BCUT2D eigenvalue weighted by atomic mass is 9.88. The molecule has 92 valence electrons. The summed E-state index contributed by atoms with van der Waals surface area (Å²) in [5, 5.41) is 10.1. The Labute approximate surface area is 107 Å². The average Bonchev–Trinajstić information content (AvgIpc) is 2.77. The van der Waals surface area contributed by atoms with Gasteiger partial charge in [0.25, 0.3) is 0 Å². The van der Waals surface area contributed by atoms with E-state index in [0.29, 0.717) is 12.1 Å². The van der Waals surface area contributed by atoms with Crippen molar-refractivity contribution >= 4 is 10.9 Å². The van der Waals surface area contributed by atoms with Crippen molar-refractivity contribution in [3.63, 3.8) is 0 Å². The molecule has 3 N–H and O–H groups in total. The molecular weight excluding hydrogens is 222 g/mol. The van der Waals surface area contributed by atoms with Crippen molar-refractivity contribution in [3.8, 4) is 6.07 Å². The van der Waals surface area contributed by atoms with Crippen LogP contribution in [0.5, 0.6) is 0 Å². The van der Waals surface area contributed by atoms with Gasteiger partial charge in [-0.15, -0.1) is 0 Å². The Kier molecular flexibility index (Phi) is 2.11. The summed E-state index contributed by atoms with van der Waals surface area (Å²) in [6.07, 6.45) is 2.89. The van der Waals surface area contributed by atoms with Crippen molar-refractivity contribution in [2.45, 2.75) is 25.7 Å². The third-order valence-corrected chi connectivity index (χ3v) is 4.84. The first-order valence-electron chi connectivity index (χ1n) is 6.26. The van der Waals surface area contributed by atoms with Gasteiger partial charge in [0, 0.05) is 17.1 Å². The summed E-state index contributed by atoms with van der Waals surface area (Å²) in [6, 6.07) is 8.59. The summed E-state index contributed by atoms with van der Waals surface area (Å²) in [4.78, 5) is 3.13. The van der Waals surface area contributed by atoms with E-state index < -0.39 is 0 Å². The minimum Gasteiger partial charge on any atom is -0.360 e. The number of nitrogens with two attached hydrogens (primary N) is 1. The molecule has 0 radical (unpaired) electrons. The fourth-order valence-electron chi connectivity index (χ4n) is 3.04. The van der Waals surface area contributed by atoms with Crippen molar-refractivity contribution in [1.82, 2.24) is 4.98 Å². The summed E-state index contributed by atoms with van der Waals surface area (Å²) in [5.41, 5.74) is 9.25. The highest BCUT2D eigenvalue weighted by Gasteiger charge is 2.60. The predicted molar refractivity (Wildman–Crippen MR) is 72.1 cm³/mol. The van der Waals surface area contributed by atoms with Gasteiger partial charge in [-0.2, -0.15) is 5.26 Å². The van der Waals surface area contributed by atoms with Crippen LogP contribution in [0.2, 0.25) is 0 Å². The molecule has 0 saturated heterocycles. The molecule has 3 rings (SSSR count). The molecule has 1 aliphatic carbocycles. The minimum atomic E-state index is 0.153. The smallest absolute Gasteiger partial charge is 0.101 e. The van der Waals surface area contributed by atoms with Crippen LogP contribution in [0, 0.1) is 16.7 Å². The number of hydrogen-bond donors (Lipinski definition) is 2. The standard InChI is InChI=1S/C15H17N3/c1-14(9-17)8-15(14,2)11-3-4-13-12(5-11)10(6-16)7-18-13/h3-5,7,18H,8-9,17H2,1-2H3. The average molecular weight is 239 g/mol. The largest absolute Gasteiger partial charge is 0.360 e. The van der Waals surface area contributed by atoms with Crippen molar-refractivity contribution in [2.75, 3.05) is 6.54 Å². The molecule has 1 aromatic heterocycles. The molecule has 2 atom stereocenters. The van der Waals surface area contributed by atoms with Gasteiger partial charge in [0.05, 0.1) is 5.56 Å². The fraction of sp³-hybridized carbons (Fsp3) is 0.400.